The van der Waals surface area contributed by atoms with E-state index in [9.17, 15) is 18.8 Å². The SMILES string of the molecule is CCOc1ccc(N2C(=O)NC(=O)/C(=C/c3cccc(OCc4cccc(F)c4)c3)C2=O)cc1. The van der Waals surface area contributed by atoms with Gasteiger partial charge in [0.2, 0.25) is 0 Å². The lowest BCUT2D eigenvalue weighted by atomic mass is 10.1. The van der Waals surface area contributed by atoms with Crippen molar-refractivity contribution in [2.45, 2.75) is 13.5 Å². The molecule has 4 rings (SSSR count). The highest BCUT2D eigenvalue weighted by atomic mass is 19.1. The number of nitrogens with zero attached hydrogens (tertiary/aromatic N) is 1. The molecule has 1 heterocycles. The van der Waals surface area contributed by atoms with E-state index in [4.69, 9.17) is 9.47 Å². The number of carbonyl (C=O) groups excluding carboxylic acids is 3. The Hall–Kier alpha value is -4.46. The average Bonchev–Trinajstić information content (AvgIpc) is 2.82. The van der Waals surface area contributed by atoms with Crippen LogP contribution in [-0.4, -0.2) is 24.5 Å². The maximum absolute atomic E-state index is 13.4. The van der Waals surface area contributed by atoms with Crippen molar-refractivity contribution in [2.24, 2.45) is 0 Å². The molecule has 0 saturated carbocycles. The molecule has 0 radical (unpaired) electrons. The molecule has 0 atom stereocenters. The number of barbiturate groups is 1. The zero-order valence-electron chi connectivity index (χ0n) is 18.3. The van der Waals surface area contributed by atoms with Gasteiger partial charge in [-0.15, -0.1) is 0 Å². The van der Waals surface area contributed by atoms with Gasteiger partial charge in [0.1, 0.15) is 29.5 Å². The second kappa shape index (κ2) is 9.99. The van der Waals surface area contributed by atoms with Crippen LogP contribution < -0.4 is 19.7 Å². The Morgan fingerprint density at radius 1 is 0.912 bits per heavy atom. The fraction of sp³-hybridized carbons (Fsp3) is 0.115. The van der Waals surface area contributed by atoms with E-state index in [1.807, 2.05) is 6.92 Å². The maximum Gasteiger partial charge on any atom is 0.335 e. The van der Waals surface area contributed by atoms with Crippen LogP contribution in [0, 0.1) is 5.82 Å². The van der Waals surface area contributed by atoms with Crippen molar-refractivity contribution < 1.29 is 28.2 Å². The summed E-state index contributed by atoms with van der Waals surface area (Å²) in [6.45, 7) is 2.48. The molecule has 3 aromatic carbocycles. The highest BCUT2D eigenvalue weighted by Gasteiger charge is 2.36. The van der Waals surface area contributed by atoms with Gasteiger partial charge in [0.15, 0.2) is 0 Å². The number of amides is 4. The lowest BCUT2D eigenvalue weighted by Gasteiger charge is -2.26. The third kappa shape index (κ3) is 5.12. The van der Waals surface area contributed by atoms with Gasteiger partial charge in [0, 0.05) is 0 Å². The van der Waals surface area contributed by atoms with Crippen molar-refractivity contribution >= 4 is 29.6 Å². The van der Waals surface area contributed by atoms with Gasteiger partial charge in [0.25, 0.3) is 11.8 Å². The fourth-order valence-corrected chi connectivity index (χ4v) is 3.40. The lowest BCUT2D eigenvalue weighted by Crippen LogP contribution is -2.54. The van der Waals surface area contributed by atoms with Crippen LogP contribution >= 0.6 is 0 Å². The van der Waals surface area contributed by atoms with Crippen molar-refractivity contribution in [3.05, 3.63) is 95.3 Å². The summed E-state index contributed by atoms with van der Waals surface area (Å²) < 4.78 is 24.5. The summed E-state index contributed by atoms with van der Waals surface area (Å²) in [4.78, 5) is 38.8. The first-order chi connectivity index (χ1) is 16.4. The lowest BCUT2D eigenvalue weighted by molar-refractivity contribution is -0.122. The van der Waals surface area contributed by atoms with Gasteiger partial charge >= 0.3 is 6.03 Å². The van der Waals surface area contributed by atoms with Crippen molar-refractivity contribution in [3.8, 4) is 11.5 Å². The van der Waals surface area contributed by atoms with Gasteiger partial charge in [-0.05, 0) is 72.7 Å². The van der Waals surface area contributed by atoms with E-state index in [1.165, 1.54) is 18.2 Å². The molecule has 7 nitrogen and oxygen atoms in total. The Balaban J connectivity index is 1.55. The van der Waals surface area contributed by atoms with Crippen LogP contribution in [0.3, 0.4) is 0 Å². The maximum atomic E-state index is 13.4. The molecule has 4 amide bonds. The number of carbonyl (C=O) groups is 3. The van der Waals surface area contributed by atoms with Gasteiger partial charge < -0.3 is 9.47 Å². The monoisotopic (exact) mass is 460 g/mol. The first-order valence-electron chi connectivity index (χ1n) is 10.6. The second-order valence-corrected chi connectivity index (χ2v) is 7.38. The zero-order chi connectivity index (χ0) is 24.1. The van der Waals surface area contributed by atoms with Crippen LogP contribution in [0.15, 0.2) is 78.4 Å². The molecule has 3 aromatic rings. The molecule has 1 aliphatic rings. The minimum Gasteiger partial charge on any atom is -0.494 e. The Morgan fingerprint density at radius 2 is 1.68 bits per heavy atom. The molecule has 1 saturated heterocycles. The summed E-state index contributed by atoms with van der Waals surface area (Å²) in [5.41, 5.74) is 1.29. The number of rotatable bonds is 7. The Kier molecular flexibility index (Phi) is 6.68. The van der Waals surface area contributed by atoms with Gasteiger partial charge in [-0.2, -0.15) is 0 Å². The topological polar surface area (TPSA) is 84.9 Å². The van der Waals surface area contributed by atoms with Crippen LogP contribution in [0.25, 0.3) is 6.08 Å². The molecule has 1 fully saturated rings. The van der Waals surface area contributed by atoms with Crippen LogP contribution in [0.4, 0.5) is 14.9 Å². The van der Waals surface area contributed by atoms with Gasteiger partial charge in [0.05, 0.1) is 12.3 Å². The Labute approximate surface area is 195 Å². The third-order valence-corrected chi connectivity index (χ3v) is 4.97. The average molecular weight is 460 g/mol. The summed E-state index contributed by atoms with van der Waals surface area (Å²) in [5, 5.41) is 2.20. The van der Waals surface area contributed by atoms with Gasteiger partial charge in [-0.3, -0.25) is 14.9 Å². The first kappa shape index (κ1) is 22.7. The van der Waals surface area contributed by atoms with E-state index in [2.05, 4.69) is 5.32 Å². The number of anilines is 1. The number of benzene rings is 3. The van der Waals surface area contributed by atoms with E-state index in [0.717, 1.165) is 4.90 Å². The summed E-state index contributed by atoms with van der Waals surface area (Å²) in [6.07, 6.45) is 1.39. The number of nitrogens with one attached hydrogen (secondary N) is 1. The number of urea groups is 1. The number of hydrogen-bond acceptors (Lipinski definition) is 5. The van der Waals surface area contributed by atoms with E-state index in [1.54, 1.807) is 60.7 Å². The van der Waals surface area contributed by atoms with Crippen molar-refractivity contribution in [2.75, 3.05) is 11.5 Å². The fourth-order valence-electron chi connectivity index (χ4n) is 3.40. The molecule has 0 unspecified atom stereocenters. The zero-order valence-corrected chi connectivity index (χ0v) is 18.3. The summed E-state index contributed by atoms with van der Waals surface area (Å²) in [5.74, 6) is -0.819. The quantitative estimate of drug-likeness (QED) is 0.415. The Bertz CT molecular complexity index is 1270. The molecule has 34 heavy (non-hydrogen) atoms. The highest BCUT2D eigenvalue weighted by molar-refractivity contribution is 6.39. The molecule has 0 spiro atoms. The Morgan fingerprint density at radius 3 is 2.41 bits per heavy atom. The van der Waals surface area contributed by atoms with E-state index in [0.29, 0.717) is 34.9 Å². The van der Waals surface area contributed by atoms with Crippen molar-refractivity contribution in [1.29, 1.82) is 0 Å². The van der Waals surface area contributed by atoms with Crippen LogP contribution in [-0.2, 0) is 16.2 Å². The highest BCUT2D eigenvalue weighted by Crippen LogP contribution is 2.25. The summed E-state index contributed by atoms with van der Waals surface area (Å²) >= 11 is 0. The number of hydrogen-bond donors (Lipinski definition) is 1. The number of imide groups is 2. The summed E-state index contributed by atoms with van der Waals surface area (Å²) in [7, 11) is 0. The standard InChI is InChI=1S/C26H21FN2O5/c1-2-33-21-11-9-20(10-12-21)29-25(31)23(24(30)28-26(29)32)15-17-5-4-8-22(14-17)34-16-18-6-3-7-19(27)13-18/h3-15H,2,16H2,1H3,(H,28,30,32)/b23-15-. The van der Waals surface area contributed by atoms with Gasteiger partial charge in [-0.25, -0.2) is 14.1 Å². The minimum absolute atomic E-state index is 0.150. The number of ether oxygens (including phenoxy) is 2. The van der Waals surface area contributed by atoms with E-state index < -0.39 is 17.8 Å². The largest absolute Gasteiger partial charge is 0.494 e. The van der Waals surface area contributed by atoms with E-state index >= 15 is 0 Å². The molecule has 0 bridgehead atoms. The molecule has 1 aliphatic heterocycles. The molecule has 1 N–H and O–H groups in total. The minimum atomic E-state index is -0.830. The molecule has 172 valence electrons. The second-order valence-electron chi connectivity index (χ2n) is 7.38. The first-order valence-corrected chi connectivity index (χ1v) is 10.6. The summed E-state index contributed by atoms with van der Waals surface area (Å²) in [6, 6.07) is 18.4. The van der Waals surface area contributed by atoms with Crippen molar-refractivity contribution in [3.63, 3.8) is 0 Å². The van der Waals surface area contributed by atoms with Crippen molar-refractivity contribution in [1.82, 2.24) is 5.32 Å². The van der Waals surface area contributed by atoms with Crippen LogP contribution in [0.5, 0.6) is 11.5 Å². The number of halogens is 1. The third-order valence-electron chi connectivity index (χ3n) is 4.97. The normalized spacial score (nSPS) is 14.8. The predicted octanol–water partition coefficient (Wildman–Crippen LogP) is 4.47. The molecular formula is C26H21FN2O5. The van der Waals surface area contributed by atoms with E-state index in [-0.39, 0.29) is 18.0 Å². The van der Waals surface area contributed by atoms with Gasteiger partial charge in [-0.1, -0.05) is 24.3 Å². The smallest absolute Gasteiger partial charge is 0.335 e. The predicted molar refractivity (Wildman–Crippen MR) is 124 cm³/mol. The van der Waals surface area contributed by atoms with Crippen LogP contribution in [0.1, 0.15) is 18.1 Å². The van der Waals surface area contributed by atoms with Crippen LogP contribution in [0.2, 0.25) is 0 Å². The molecule has 0 aromatic heterocycles. The molecule has 8 heteroatoms. The molecule has 0 aliphatic carbocycles. The molecular weight excluding hydrogens is 439 g/mol.